The Bertz CT molecular complexity index is 214. The normalized spacial score (nSPS) is 11.5. The van der Waals surface area contributed by atoms with Crippen molar-refractivity contribution in [2.75, 3.05) is 5.33 Å². The maximum atomic E-state index is 3.51. The van der Waals surface area contributed by atoms with Crippen molar-refractivity contribution in [2.24, 2.45) is 0 Å². The fourth-order valence-corrected chi connectivity index (χ4v) is 1.29. The smallest absolute Gasteiger partial charge is 0.0123 e. The Hall–Kier alpha value is -0.300. The first-order chi connectivity index (χ1) is 5.17. The molecule has 0 aliphatic heterocycles. The first-order valence-corrected chi connectivity index (χ1v) is 4.90. The summed E-state index contributed by atoms with van der Waals surface area (Å²) in [7, 11) is 0. The molecule has 0 unspecified atom stereocenters. The Morgan fingerprint density at radius 3 is 2.18 bits per heavy atom. The molecule has 0 spiro atoms. The van der Waals surface area contributed by atoms with Crippen LogP contribution in [0.3, 0.4) is 0 Å². The van der Waals surface area contributed by atoms with Crippen molar-refractivity contribution in [1.29, 1.82) is 0 Å². The highest BCUT2D eigenvalue weighted by molar-refractivity contribution is 9.09. The maximum absolute atomic E-state index is 3.51. The number of hydrogen-bond donors (Lipinski definition) is 0. The molecule has 0 N–H and O–H groups in total. The molecule has 0 nitrogen and oxygen atoms in total. The van der Waals surface area contributed by atoms with E-state index in [4.69, 9.17) is 0 Å². The maximum Gasteiger partial charge on any atom is 0.0123 e. The third-order valence-corrected chi connectivity index (χ3v) is 3.29. The van der Waals surface area contributed by atoms with E-state index in [0.717, 1.165) is 5.33 Å². The lowest BCUT2D eigenvalue weighted by Gasteiger charge is -2.21. The monoisotopic (exact) mass is 212 g/mol. The van der Waals surface area contributed by atoms with Crippen LogP contribution in [0, 0.1) is 0 Å². The van der Waals surface area contributed by atoms with Crippen molar-refractivity contribution >= 4 is 15.9 Å². The topological polar surface area (TPSA) is 0 Å². The Morgan fingerprint density at radius 2 is 1.73 bits per heavy atom. The van der Waals surface area contributed by atoms with Crippen molar-refractivity contribution in [2.45, 2.75) is 19.3 Å². The van der Waals surface area contributed by atoms with Crippen LogP contribution < -0.4 is 0 Å². The SMILES string of the molecule is CC(C)(CBr)c1ccccc1. The predicted molar refractivity (Wildman–Crippen MR) is 53.3 cm³/mol. The molecular weight excluding hydrogens is 200 g/mol. The molecule has 0 aliphatic carbocycles. The van der Waals surface area contributed by atoms with Crippen molar-refractivity contribution in [1.82, 2.24) is 0 Å². The average Bonchev–Trinajstić information content (AvgIpc) is 2.06. The highest BCUT2D eigenvalue weighted by atomic mass is 79.9. The van der Waals surface area contributed by atoms with Crippen LogP contribution in [0.15, 0.2) is 30.3 Å². The largest absolute Gasteiger partial charge is 0.0919 e. The minimum Gasteiger partial charge on any atom is -0.0919 e. The van der Waals surface area contributed by atoms with Gasteiger partial charge in [-0.3, -0.25) is 0 Å². The predicted octanol–water partition coefficient (Wildman–Crippen LogP) is 3.36. The third kappa shape index (κ3) is 2.06. The van der Waals surface area contributed by atoms with E-state index in [1.807, 2.05) is 6.07 Å². The van der Waals surface area contributed by atoms with E-state index < -0.39 is 0 Å². The molecule has 1 heteroatoms. The van der Waals surface area contributed by atoms with Crippen molar-refractivity contribution < 1.29 is 0 Å². The van der Waals surface area contributed by atoms with Crippen LogP contribution >= 0.6 is 15.9 Å². The first-order valence-electron chi connectivity index (χ1n) is 3.78. The van der Waals surface area contributed by atoms with Crippen molar-refractivity contribution in [3.8, 4) is 0 Å². The van der Waals surface area contributed by atoms with Gasteiger partial charge in [-0.1, -0.05) is 60.1 Å². The Morgan fingerprint density at radius 1 is 1.18 bits per heavy atom. The van der Waals surface area contributed by atoms with Crippen LogP contribution in [-0.2, 0) is 5.41 Å². The number of alkyl halides is 1. The van der Waals surface area contributed by atoms with E-state index >= 15 is 0 Å². The summed E-state index contributed by atoms with van der Waals surface area (Å²) in [6.45, 7) is 4.47. The summed E-state index contributed by atoms with van der Waals surface area (Å²) in [5, 5.41) is 1.00. The molecule has 1 aromatic rings. The fourth-order valence-electron chi connectivity index (χ4n) is 0.966. The summed E-state index contributed by atoms with van der Waals surface area (Å²) in [5.74, 6) is 0. The molecule has 1 aromatic carbocycles. The summed E-state index contributed by atoms with van der Waals surface area (Å²) in [6, 6.07) is 10.6. The van der Waals surface area contributed by atoms with Crippen LogP contribution in [0.5, 0.6) is 0 Å². The molecule has 0 amide bonds. The molecule has 0 saturated carbocycles. The van der Waals surface area contributed by atoms with Crippen LogP contribution in [0.1, 0.15) is 19.4 Å². The lowest BCUT2D eigenvalue weighted by atomic mass is 9.87. The Balaban J connectivity index is 2.93. The van der Waals surface area contributed by atoms with Gasteiger partial charge in [0.2, 0.25) is 0 Å². The summed E-state index contributed by atoms with van der Waals surface area (Å²) in [6.07, 6.45) is 0. The number of halogens is 1. The van der Waals surface area contributed by atoms with E-state index in [1.165, 1.54) is 5.56 Å². The van der Waals surface area contributed by atoms with Gasteiger partial charge in [-0.15, -0.1) is 0 Å². The molecule has 60 valence electrons. The summed E-state index contributed by atoms with van der Waals surface area (Å²) >= 11 is 3.51. The zero-order chi connectivity index (χ0) is 8.32. The Kier molecular flexibility index (Phi) is 2.72. The van der Waals surface area contributed by atoms with Gasteiger partial charge in [-0.05, 0) is 11.0 Å². The van der Waals surface area contributed by atoms with E-state index in [-0.39, 0.29) is 5.41 Å². The second kappa shape index (κ2) is 3.40. The molecule has 0 aliphatic rings. The van der Waals surface area contributed by atoms with Gasteiger partial charge in [0.25, 0.3) is 0 Å². The second-order valence-electron chi connectivity index (χ2n) is 3.38. The number of hydrogen-bond acceptors (Lipinski definition) is 0. The van der Waals surface area contributed by atoms with Gasteiger partial charge >= 0.3 is 0 Å². The summed E-state index contributed by atoms with van der Waals surface area (Å²) in [5.41, 5.74) is 1.64. The average molecular weight is 213 g/mol. The number of benzene rings is 1. The molecule has 0 atom stereocenters. The van der Waals surface area contributed by atoms with E-state index in [9.17, 15) is 0 Å². The summed E-state index contributed by atoms with van der Waals surface area (Å²) < 4.78 is 0. The fraction of sp³-hybridized carbons (Fsp3) is 0.400. The van der Waals surface area contributed by atoms with Gasteiger partial charge in [-0.2, -0.15) is 0 Å². The highest BCUT2D eigenvalue weighted by Crippen LogP contribution is 2.24. The van der Waals surface area contributed by atoms with E-state index in [2.05, 4.69) is 54.0 Å². The zero-order valence-electron chi connectivity index (χ0n) is 6.97. The molecule has 0 bridgehead atoms. The van der Waals surface area contributed by atoms with Gasteiger partial charge in [0.1, 0.15) is 0 Å². The molecule has 0 saturated heterocycles. The first kappa shape index (κ1) is 8.79. The molecule has 11 heavy (non-hydrogen) atoms. The van der Waals surface area contributed by atoms with Crippen molar-refractivity contribution in [3.63, 3.8) is 0 Å². The number of rotatable bonds is 2. The van der Waals surface area contributed by atoms with Crippen LogP contribution in [-0.4, -0.2) is 5.33 Å². The zero-order valence-corrected chi connectivity index (χ0v) is 8.56. The van der Waals surface area contributed by atoms with Gasteiger partial charge < -0.3 is 0 Å². The van der Waals surface area contributed by atoms with Crippen LogP contribution in [0.4, 0.5) is 0 Å². The standard InChI is InChI=1S/C10H13Br/c1-10(2,8-11)9-6-4-3-5-7-9/h3-7H,8H2,1-2H3. The quantitative estimate of drug-likeness (QED) is 0.661. The second-order valence-corrected chi connectivity index (χ2v) is 3.94. The van der Waals surface area contributed by atoms with Crippen LogP contribution in [0.2, 0.25) is 0 Å². The van der Waals surface area contributed by atoms with Crippen molar-refractivity contribution in [3.05, 3.63) is 35.9 Å². The van der Waals surface area contributed by atoms with Gasteiger partial charge in [0.15, 0.2) is 0 Å². The molecule has 0 aromatic heterocycles. The molecule has 0 fully saturated rings. The highest BCUT2D eigenvalue weighted by Gasteiger charge is 2.17. The minimum absolute atomic E-state index is 0.251. The lowest BCUT2D eigenvalue weighted by Crippen LogP contribution is -2.18. The van der Waals surface area contributed by atoms with Crippen LogP contribution in [0.25, 0.3) is 0 Å². The summed E-state index contributed by atoms with van der Waals surface area (Å²) in [4.78, 5) is 0. The minimum atomic E-state index is 0.251. The molecule has 1 rings (SSSR count). The molecule has 0 radical (unpaired) electrons. The molecule has 0 heterocycles. The van der Waals surface area contributed by atoms with Gasteiger partial charge in [0, 0.05) is 5.33 Å². The van der Waals surface area contributed by atoms with Gasteiger partial charge in [-0.25, -0.2) is 0 Å². The van der Waals surface area contributed by atoms with E-state index in [0.29, 0.717) is 0 Å². The van der Waals surface area contributed by atoms with Gasteiger partial charge in [0.05, 0.1) is 0 Å². The Labute approximate surface area is 76.8 Å². The lowest BCUT2D eigenvalue weighted by molar-refractivity contribution is 0.607. The third-order valence-electron chi connectivity index (χ3n) is 1.89. The van der Waals surface area contributed by atoms with E-state index in [1.54, 1.807) is 0 Å². The molecular formula is C10H13Br.